The van der Waals surface area contributed by atoms with Crippen molar-refractivity contribution in [2.45, 2.75) is 45.6 Å². The van der Waals surface area contributed by atoms with Gasteiger partial charge in [0.05, 0.1) is 12.3 Å². The third-order valence-corrected chi connectivity index (χ3v) is 6.38. The largest absolute Gasteiger partial charge is 0.481 e. The van der Waals surface area contributed by atoms with Gasteiger partial charge in [-0.1, -0.05) is 56.3 Å². The fourth-order valence-electron chi connectivity index (χ4n) is 4.21. The summed E-state index contributed by atoms with van der Waals surface area (Å²) in [6.45, 7) is 5.50. The van der Waals surface area contributed by atoms with Crippen LogP contribution in [0.3, 0.4) is 0 Å². The number of halogens is 1. The number of aryl methyl sites for hydroxylation is 1. The smallest absolute Gasteiger partial charge is 0.323 e. The molecule has 2 atom stereocenters. The van der Waals surface area contributed by atoms with Gasteiger partial charge in [0.15, 0.2) is 0 Å². The van der Waals surface area contributed by atoms with Crippen molar-refractivity contribution in [2.24, 2.45) is 5.92 Å². The van der Waals surface area contributed by atoms with Crippen LogP contribution in [0, 0.1) is 18.7 Å². The van der Waals surface area contributed by atoms with Crippen LogP contribution in [-0.2, 0) is 20.8 Å². The lowest BCUT2D eigenvalue weighted by Gasteiger charge is -2.22. The van der Waals surface area contributed by atoms with Gasteiger partial charge < -0.3 is 26.4 Å². The van der Waals surface area contributed by atoms with Crippen LogP contribution < -0.4 is 21.3 Å². The maximum atomic E-state index is 13.2. The zero-order chi connectivity index (χ0) is 29.9. The quantitative estimate of drug-likeness (QED) is 0.215. The van der Waals surface area contributed by atoms with Crippen LogP contribution in [0.25, 0.3) is 0 Å². The summed E-state index contributed by atoms with van der Waals surface area (Å²) >= 11 is 0. The normalized spacial score (nSPS) is 12.2. The molecule has 3 rings (SSSR count). The maximum absolute atomic E-state index is 13.2. The van der Waals surface area contributed by atoms with Crippen LogP contribution in [0.2, 0.25) is 0 Å². The fraction of sp³-hybridized carbons (Fsp3) is 0.290. The Labute approximate surface area is 238 Å². The van der Waals surface area contributed by atoms with Crippen molar-refractivity contribution in [3.63, 3.8) is 0 Å². The molecule has 0 bridgehead atoms. The van der Waals surface area contributed by atoms with Gasteiger partial charge in [-0.3, -0.25) is 14.4 Å². The van der Waals surface area contributed by atoms with Crippen molar-refractivity contribution < 1.29 is 28.7 Å². The van der Waals surface area contributed by atoms with Crippen LogP contribution >= 0.6 is 0 Å². The number of hydrogen-bond acceptors (Lipinski definition) is 4. The summed E-state index contributed by atoms with van der Waals surface area (Å²) in [6.07, 6.45) is 0.357. The van der Waals surface area contributed by atoms with E-state index in [9.17, 15) is 28.7 Å². The van der Waals surface area contributed by atoms with E-state index in [2.05, 4.69) is 21.3 Å². The zero-order valence-electron chi connectivity index (χ0n) is 23.2. The van der Waals surface area contributed by atoms with Gasteiger partial charge in [0.2, 0.25) is 11.8 Å². The molecule has 0 spiro atoms. The molecule has 0 radical (unpaired) electrons. The van der Waals surface area contributed by atoms with E-state index >= 15 is 0 Å². The van der Waals surface area contributed by atoms with E-state index in [1.54, 1.807) is 30.3 Å². The summed E-state index contributed by atoms with van der Waals surface area (Å²) in [7, 11) is 0. The van der Waals surface area contributed by atoms with E-state index in [0.717, 1.165) is 17.7 Å². The molecule has 0 fully saturated rings. The van der Waals surface area contributed by atoms with Gasteiger partial charge >= 0.3 is 12.0 Å². The van der Waals surface area contributed by atoms with Gasteiger partial charge in [-0.15, -0.1) is 0 Å². The molecule has 0 aromatic heterocycles. The third kappa shape index (κ3) is 9.75. The fourth-order valence-corrected chi connectivity index (χ4v) is 4.21. The summed E-state index contributed by atoms with van der Waals surface area (Å²) in [5.41, 5.74) is 3.22. The lowest BCUT2D eigenvalue weighted by Crippen LogP contribution is -2.49. The highest BCUT2D eigenvalue weighted by molar-refractivity contribution is 6.00. The molecule has 10 heteroatoms. The third-order valence-electron chi connectivity index (χ3n) is 6.38. The van der Waals surface area contributed by atoms with Crippen molar-refractivity contribution in [3.8, 4) is 0 Å². The number of amides is 4. The summed E-state index contributed by atoms with van der Waals surface area (Å²) in [5.74, 6) is -3.52. The molecular formula is C31H35FN4O5. The SMILES string of the molecule is Cc1ccccc1NC(=O)Nc1ccc(CC(=O)N[C@@H](CC(C)C)C(=O)NCC(C(=O)O)c2ccc(F)cc2)cc1. The van der Waals surface area contributed by atoms with E-state index in [1.807, 2.05) is 39.0 Å². The molecule has 5 N–H and O–H groups in total. The first-order chi connectivity index (χ1) is 19.5. The second-order valence-corrected chi connectivity index (χ2v) is 10.2. The molecule has 0 saturated carbocycles. The molecular weight excluding hydrogens is 527 g/mol. The average molecular weight is 563 g/mol. The van der Waals surface area contributed by atoms with Gasteiger partial charge in [0.25, 0.3) is 0 Å². The van der Waals surface area contributed by atoms with Crippen molar-refractivity contribution >= 4 is 35.2 Å². The van der Waals surface area contributed by atoms with E-state index in [0.29, 0.717) is 28.9 Å². The number of urea groups is 1. The molecule has 1 unspecified atom stereocenters. The predicted octanol–water partition coefficient (Wildman–Crippen LogP) is 4.84. The minimum absolute atomic E-state index is 0.00485. The zero-order valence-corrected chi connectivity index (χ0v) is 23.2. The summed E-state index contributed by atoms with van der Waals surface area (Å²) < 4.78 is 13.2. The number of carbonyl (C=O) groups excluding carboxylic acids is 3. The minimum Gasteiger partial charge on any atom is -0.481 e. The number of carbonyl (C=O) groups is 4. The van der Waals surface area contributed by atoms with Gasteiger partial charge in [-0.05, 0) is 66.3 Å². The molecule has 0 aliphatic rings. The van der Waals surface area contributed by atoms with Crippen LogP contribution in [0.5, 0.6) is 0 Å². The molecule has 9 nitrogen and oxygen atoms in total. The van der Waals surface area contributed by atoms with Gasteiger partial charge in [-0.25, -0.2) is 9.18 Å². The molecule has 0 saturated heterocycles. The number of carboxylic acid groups (broad SMARTS) is 1. The van der Waals surface area contributed by atoms with Crippen LogP contribution in [0.4, 0.5) is 20.6 Å². The Bertz CT molecular complexity index is 1360. The topological polar surface area (TPSA) is 137 Å². The van der Waals surface area contributed by atoms with E-state index in [4.69, 9.17) is 0 Å². The van der Waals surface area contributed by atoms with Crippen LogP contribution in [0.15, 0.2) is 72.8 Å². The van der Waals surface area contributed by atoms with Crippen LogP contribution in [0.1, 0.15) is 42.9 Å². The van der Waals surface area contributed by atoms with Gasteiger partial charge in [0, 0.05) is 17.9 Å². The Morgan fingerprint density at radius 2 is 1.54 bits per heavy atom. The maximum Gasteiger partial charge on any atom is 0.323 e. The molecule has 216 valence electrons. The number of hydrogen-bond donors (Lipinski definition) is 5. The lowest BCUT2D eigenvalue weighted by molar-refractivity contribution is -0.139. The molecule has 3 aromatic rings. The Morgan fingerprint density at radius 3 is 2.15 bits per heavy atom. The van der Waals surface area contributed by atoms with Gasteiger partial charge in [-0.2, -0.15) is 0 Å². The summed E-state index contributed by atoms with van der Waals surface area (Å²) in [5, 5.41) is 20.5. The molecule has 0 aliphatic carbocycles. The van der Waals surface area contributed by atoms with E-state index in [-0.39, 0.29) is 24.8 Å². The highest BCUT2D eigenvalue weighted by Crippen LogP contribution is 2.17. The second-order valence-electron chi connectivity index (χ2n) is 10.2. The average Bonchev–Trinajstić information content (AvgIpc) is 2.91. The number of rotatable bonds is 12. The van der Waals surface area contributed by atoms with E-state index in [1.165, 1.54) is 12.1 Å². The molecule has 3 aromatic carbocycles. The Hall–Kier alpha value is -4.73. The van der Waals surface area contributed by atoms with Crippen molar-refractivity contribution in [1.29, 1.82) is 0 Å². The molecule has 0 heterocycles. The number of benzene rings is 3. The highest BCUT2D eigenvalue weighted by atomic mass is 19.1. The Morgan fingerprint density at radius 1 is 0.878 bits per heavy atom. The van der Waals surface area contributed by atoms with Crippen molar-refractivity contribution in [1.82, 2.24) is 10.6 Å². The minimum atomic E-state index is -1.16. The number of nitrogens with one attached hydrogen (secondary N) is 4. The first kappa shape index (κ1) is 30.8. The molecule has 0 aliphatic heterocycles. The van der Waals surface area contributed by atoms with Gasteiger partial charge in [0.1, 0.15) is 11.9 Å². The molecule has 4 amide bonds. The molecule has 41 heavy (non-hydrogen) atoms. The summed E-state index contributed by atoms with van der Waals surface area (Å²) in [6, 6.07) is 18.0. The second kappa shape index (κ2) is 14.6. The monoisotopic (exact) mass is 562 g/mol. The number of para-hydroxylation sites is 1. The van der Waals surface area contributed by atoms with Crippen molar-refractivity contribution in [3.05, 3.63) is 95.3 Å². The first-order valence-corrected chi connectivity index (χ1v) is 13.3. The standard InChI is InChI=1S/C31H35FN4O5/c1-19(2)16-27(29(38)33-18-25(30(39)40)22-10-12-23(32)13-11-22)35-28(37)17-21-8-14-24(15-9-21)34-31(41)36-26-7-5-4-6-20(26)3/h4-15,19,25,27H,16-18H2,1-3H3,(H,33,38)(H,35,37)(H,39,40)(H2,34,36,41)/t25?,27-/m0/s1. The number of anilines is 2. The highest BCUT2D eigenvalue weighted by Gasteiger charge is 2.25. The van der Waals surface area contributed by atoms with Crippen LogP contribution in [-0.4, -0.2) is 41.5 Å². The predicted molar refractivity (Wildman–Crippen MR) is 155 cm³/mol. The number of carboxylic acids is 1. The Balaban J connectivity index is 1.55. The Kier molecular flexibility index (Phi) is 11.0. The number of aliphatic carboxylic acids is 1. The van der Waals surface area contributed by atoms with Crippen molar-refractivity contribution in [2.75, 3.05) is 17.2 Å². The van der Waals surface area contributed by atoms with E-state index < -0.39 is 35.7 Å². The first-order valence-electron chi connectivity index (χ1n) is 13.3. The summed E-state index contributed by atoms with van der Waals surface area (Å²) in [4.78, 5) is 49.8. The lowest BCUT2D eigenvalue weighted by atomic mass is 9.98.